The number of carbonyl (C=O) groups excluding carboxylic acids is 2. The molecule has 2 rings (SSSR count). The van der Waals surface area contributed by atoms with E-state index in [-0.39, 0.29) is 17.3 Å². The summed E-state index contributed by atoms with van der Waals surface area (Å²) in [5.74, 6) is -0.739. The van der Waals surface area contributed by atoms with E-state index in [1.165, 1.54) is 36.2 Å². The molecule has 0 spiro atoms. The monoisotopic (exact) mass is 507 g/mol. The summed E-state index contributed by atoms with van der Waals surface area (Å²) in [5, 5.41) is 3.35. The number of rotatable bonds is 9. The standard InChI is InChI=1S/C25H34ClN3O4S/c1-7-22(24(31)27-25(3,4)5)29(16-19-10-8-9-18(2)15-19)23(30)17-28(6)34(32,33)21-13-11-20(26)12-14-21/h8-15,22H,7,16-17H2,1-6H3,(H,27,31)/t22-/m1/s1. The highest BCUT2D eigenvalue weighted by molar-refractivity contribution is 7.89. The third kappa shape index (κ3) is 7.55. The summed E-state index contributed by atoms with van der Waals surface area (Å²) in [4.78, 5) is 28.0. The van der Waals surface area contributed by atoms with Crippen molar-refractivity contribution in [2.24, 2.45) is 0 Å². The Labute approximate surface area is 208 Å². The van der Waals surface area contributed by atoms with Crippen LogP contribution in [-0.4, -0.2) is 54.6 Å². The number of sulfonamides is 1. The van der Waals surface area contributed by atoms with Gasteiger partial charge in [0.15, 0.2) is 0 Å². The van der Waals surface area contributed by atoms with Gasteiger partial charge in [-0.3, -0.25) is 9.59 Å². The van der Waals surface area contributed by atoms with Gasteiger partial charge in [-0.1, -0.05) is 48.4 Å². The highest BCUT2D eigenvalue weighted by Gasteiger charge is 2.33. The van der Waals surface area contributed by atoms with Crippen LogP contribution in [-0.2, 0) is 26.2 Å². The van der Waals surface area contributed by atoms with Crippen molar-refractivity contribution >= 4 is 33.4 Å². The van der Waals surface area contributed by atoms with Crippen molar-refractivity contribution in [1.82, 2.24) is 14.5 Å². The molecule has 0 unspecified atom stereocenters. The molecule has 0 saturated carbocycles. The first-order chi connectivity index (χ1) is 15.7. The molecule has 0 heterocycles. The van der Waals surface area contributed by atoms with Gasteiger partial charge in [0.1, 0.15) is 6.04 Å². The van der Waals surface area contributed by atoms with Gasteiger partial charge in [0.05, 0.1) is 11.4 Å². The maximum Gasteiger partial charge on any atom is 0.243 e. The summed E-state index contributed by atoms with van der Waals surface area (Å²) in [5.41, 5.74) is 1.41. The number of aryl methyl sites for hydroxylation is 1. The van der Waals surface area contributed by atoms with E-state index in [1.54, 1.807) is 0 Å². The molecule has 9 heteroatoms. The first-order valence-corrected chi connectivity index (χ1v) is 13.0. The van der Waals surface area contributed by atoms with Crippen molar-refractivity contribution in [3.63, 3.8) is 0 Å². The zero-order valence-electron chi connectivity index (χ0n) is 20.6. The number of nitrogens with one attached hydrogen (secondary N) is 1. The Morgan fingerprint density at radius 2 is 1.71 bits per heavy atom. The molecular weight excluding hydrogens is 474 g/mol. The second-order valence-electron chi connectivity index (χ2n) is 9.39. The number of halogens is 1. The van der Waals surface area contributed by atoms with Crippen molar-refractivity contribution in [1.29, 1.82) is 0 Å². The average molecular weight is 508 g/mol. The maximum absolute atomic E-state index is 13.5. The minimum Gasteiger partial charge on any atom is -0.350 e. The van der Waals surface area contributed by atoms with Gasteiger partial charge >= 0.3 is 0 Å². The summed E-state index contributed by atoms with van der Waals surface area (Å²) in [6, 6.07) is 12.7. The lowest BCUT2D eigenvalue weighted by molar-refractivity contribution is -0.142. The van der Waals surface area contributed by atoms with E-state index in [0.29, 0.717) is 11.4 Å². The summed E-state index contributed by atoms with van der Waals surface area (Å²) in [7, 11) is -2.57. The third-order valence-corrected chi connectivity index (χ3v) is 7.27. The molecular formula is C25H34ClN3O4S. The molecule has 1 atom stereocenters. The van der Waals surface area contributed by atoms with Crippen LogP contribution in [0.3, 0.4) is 0 Å². The van der Waals surface area contributed by atoms with E-state index in [2.05, 4.69) is 5.32 Å². The zero-order valence-corrected chi connectivity index (χ0v) is 22.2. The number of nitrogens with zero attached hydrogens (tertiary/aromatic N) is 2. The third-order valence-electron chi connectivity index (χ3n) is 5.20. The SMILES string of the molecule is CC[C@H](C(=O)NC(C)(C)C)N(Cc1cccc(C)c1)C(=O)CN(C)S(=O)(=O)c1ccc(Cl)cc1. The number of benzene rings is 2. The summed E-state index contributed by atoms with van der Waals surface area (Å²) in [6.45, 7) is 9.18. The van der Waals surface area contributed by atoms with E-state index < -0.39 is 34.1 Å². The molecule has 2 aromatic rings. The van der Waals surface area contributed by atoms with Crippen molar-refractivity contribution < 1.29 is 18.0 Å². The minimum atomic E-state index is -3.92. The number of hydrogen-bond acceptors (Lipinski definition) is 4. The Hall–Kier alpha value is -2.42. The van der Waals surface area contributed by atoms with Gasteiger partial charge in [0.25, 0.3) is 0 Å². The van der Waals surface area contributed by atoms with Gasteiger partial charge in [0.2, 0.25) is 21.8 Å². The number of carbonyl (C=O) groups is 2. The second kappa shape index (κ2) is 11.3. The molecule has 0 saturated heterocycles. The van der Waals surface area contributed by atoms with E-state index in [1.807, 2.05) is 58.9 Å². The summed E-state index contributed by atoms with van der Waals surface area (Å²) >= 11 is 5.87. The normalized spacial score (nSPS) is 12.9. The minimum absolute atomic E-state index is 0.0370. The molecule has 0 radical (unpaired) electrons. The Morgan fingerprint density at radius 1 is 1.09 bits per heavy atom. The van der Waals surface area contributed by atoms with Crippen LogP contribution in [0, 0.1) is 6.92 Å². The van der Waals surface area contributed by atoms with E-state index >= 15 is 0 Å². The lowest BCUT2D eigenvalue weighted by Crippen LogP contribution is -2.55. The fourth-order valence-corrected chi connectivity index (χ4v) is 4.78. The van der Waals surface area contributed by atoms with Crippen LogP contribution in [0.25, 0.3) is 0 Å². The molecule has 1 N–H and O–H groups in total. The Bertz CT molecular complexity index is 1110. The van der Waals surface area contributed by atoms with Gasteiger partial charge in [-0.15, -0.1) is 0 Å². The van der Waals surface area contributed by atoms with Crippen LogP contribution in [0.15, 0.2) is 53.4 Å². The lowest BCUT2D eigenvalue weighted by Gasteiger charge is -2.34. The largest absolute Gasteiger partial charge is 0.350 e. The molecule has 2 aromatic carbocycles. The molecule has 7 nitrogen and oxygen atoms in total. The first kappa shape index (κ1) is 27.8. The van der Waals surface area contributed by atoms with Crippen molar-refractivity contribution in [3.8, 4) is 0 Å². The molecule has 0 aliphatic rings. The average Bonchev–Trinajstić information content (AvgIpc) is 2.72. The van der Waals surface area contributed by atoms with Gasteiger partial charge in [-0.05, 0) is 63.9 Å². The van der Waals surface area contributed by atoms with Crippen LogP contribution in [0.4, 0.5) is 0 Å². The van der Waals surface area contributed by atoms with Gasteiger partial charge in [-0.25, -0.2) is 8.42 Å². The molecule has 2 amide bonds. The molecule has 34 heavy (non-hydrogen) atoms. The van der Waals surface area contributed by atoms with Crippen LogP contribution >= 0.6 is 11.6 Å². The van der Waals surface area contributed by atoms with Crippen LogP contribution in [0.5, 0.6) is 0 Å². The van der Waals surface area contributed by atoms with Crippen LogP contribution in [0.2, 0.25) is 5.02 Å². The molecule has 0 fully saturated rings. The van der Waals surface area contributed by atoms with Crippen LogP contribution < -0.4 is 5.32 Å². The Morgan fingerprint density at radius 3 is 2.24 bits per heavy atom. The topological polar surface area (TPSA) is 86.8 Å². The van der Waals surface area contributed by atoms with Gasteiger partial charge in [0, 0.05) is 24.2 Å². The number of hydrogen-bond donors (Lipinski definition) is 1. The summed E-state index contributed by atoms with van der Waals surface area (Å²) in [6.07, 6.45) is 0.382. The predicted molar refractivity (Wildman–Crippen MR) is 135 cm³/mol. The van der Waals surface area contributed by atoms with Crippen LogP contribution in [0.1, 0.15) is 45.2 Å². The quantitative estimate of drug-likeness (QED) is 0.556. The smallest absolute Gasteiger partial charge is 0.243 e. The second-order valence-corrected chi connectivity index (χ2v) is 11.9. The molecule has 186 valence electrons. The van der Waals surface area contributed by atoms with Gasteiger partial charge in [-0.2, -0.15) is 4.31 Å². The Kier molecular flexibility index (Phi) is 9.28. The number of likely N-dealkylation sites (N-methyl/N-ethyl adjacent to an activating group) is 1. The van der Waals surface area contributed by atoms with Crippen molar-refractivity contribution in [2.75, 3.05) is 13.6 Å². The maximum atomic E-state index is 13.5. The summed E-state index contributed by atoms with van der Waals surface area (Å²) < 4.78 is 27.0. The Balaban J connectivity index is 2.35. The molecule has 0 aliphatic heterocycles. The van der Waals surface area contributed by atoms with Gasteiger partial charge < -0.3 is 10.2 Å². The first-order valence-electron chi connectivity index (χ1n) is 11.1. The lowest BCUT2D eigenvalue weighted by atomic mass is 10.0. The molecule has 0 aromatic heterocycles. The van der Waals surface area contributed by atoms with E-state index in [4.69, 9.17) is 11.6 Å². The van der Waals surface area contributed by atoms with E-state index in [0.717, 1.165) is 15.4 Å². The van der Waals surface area contributed by atoms with Crippen molar-refractivity contribution in [3.05, 3.63) is 64.7 Å². The highest BCUT2D eigenvalue weighted by atomic mass is 35.5. The fourth-order valence-electron chi connectivity index (χ4n) is 3.53. The zero-order chi connectivity index (χ0) is 25.7. The molecule has 0 aliphatic carbocycles. The van der Waals surface area contributed by atoms with E-state index in [9.17, 15) is 18.0 Å². The molecule has 0 bridgehead atoms. The van der Waals surface area contributed by atoms with Crippen molar-refractivity contribution in [2.45, 2.75) is 64.1 Å². The highest BCUT2D eigenvalue weighted by Crippen LogP contribution is 2.19. The number of amides is 2. The predicted octanol–water partition coefficient (Wildman–Crippen LogP) is 3.99. The fraction of sp³-hybridized carbons (Fsp3) is 0.440.